The van der Waals surface area contributed by atoms with Crippen molar-refractivity contribution in [2.45, 2.75) is 15.5 Å². The van der Waals surface area contributed by atoms with Gasteiger partial charge in [-0.2, -0.15) is 0 Å². The minimum Gasteiger partial charge on any atom is -0.212 e. The Morgan fingerprint density at radius 1 is 1.27 bits per heavy atom. The molecule has 0 spiro atoms. The summed E-state index contributed by atoms with van der Waals surface area (Å²) in [4.78, 5) is 2.08. The summed E-state index contributed by atoms with van der Waals surface area (Å²) in [6, 6.07) is 5.70. The SMILES string of the molecule is CSc1ccc(CS(=O)(=O)Cl)c(SC)c1. The molecule has 15 heavy (non-hydrogen) atoms. The van der Waals surface area contributed by atoms with Crippen LogP contribution in [0.15, 0.2) is 28.0 Å². The molecule has 0 bridgehead atoms. The van der Waals surface area contributed by atoms with Crippen LogP contribution in [0.2, 0.25) is 0 Å². The average molecular weight is 283 g/mol. The first-order valence-electron chi connectivity index (χ1n) is 4.09. The van der Waals surface area contributed by atoms with Crippen molar-refractivity contribution in [1.82, 2.24) is 0 Å². The van der Waals surface area contributed by atoms with Crippen LogP contribution >= 0.6 is 34.2 Å². The minimum absolute atomic E-state index is 0.112. The van der Waals surface area contributed by atoms with Gasteiger partial charge in [-0.3, -0.25) is 0 Å². The van der Waals surface area contributed by atoms with Gasteiger partial charge < -0.3 is 0 Å². The smallest absolute Gasteiger partial charge is 0.212 e. The molecule has 0 fully saturated rings. The topological polar surface area (TPSA) is 34.1 Å². The lowest BCUT2D eigenvalue weighted by Crippen LogP contribution is -1.97. The van der Waals surface area contributed by atoms with E-state index in [4.69, 9.17) is 10.7 Å². The van der Waals surface area contributed by atoms with Crippen molar-refractivity contribution >= 4 is 43.3 Å². The van der Waals surface area contributed by atoms with Crippen molar-refractivity contribution < 1.29 is 8.42 Å². The zero-order valence-electron chi connectivity index (χ0n) is 8.36. The van der Waals surface area contributed by atoms with E-state index in [0.29, 0.717) is 0 Å². The van der Waals surface area contributed by atoms with Crippen LogP contribution in [0.4, 0.5) is 0 Å². The second kappa shape index (κ2) is 5.48. The van der Waals surface area contributed by atoms with Crippen molar-refractivity contribution in [3.8, 4) is 0 Å². The number of halogens is 1. The normalized spacial score (nSPS) is 11.7. The van der Waals surface area contributed by atoms with E-state index in [1.807, 2.05) is 30.7 Å². The van der Waals surface area contributed by atoms with Crippen molar-refractivity contribution in [3.05, 3.63) is 23.8 Å². The Morgan fingerprint density at radius 2 is 1.93 bits per heavy atom. The number of thioether (sulfide) groups is 2. The summed E-state index contributed by atoms with van der Waals surface area (Å²) < 4.78 is 21.9. The molecule has 0 aliphatic rings. The predicted molar refractivity (Wildman–Crippen MR) is 68.5 cm³/mol. The summed E-state index contributed by atoms with van der Waals surface area (Å²) in [6.45, 7) is 0. The third-order valence-electron chi connectivity index (χ3n) is 1.82. The first kappa shape index (κ1) is 13.2. The predicted octanol–water partition coefficient (Wildman–Crippen LogP) is 3.20. The molecule has 1 aromatic carbocycles. The van der Waals surface area contributed by atoms with E-state index in [0.717, 1.165) is 15.4 Å². The van der Waals surface area contributed by atoms with Gasteiger partial charge in [-0.25, -0.2) is 8.42 Å². The molecule has 0 N–H and O–H groups in total. The minimum atomic E-state index is -3.48. The Morgan fingerprint density at radius 3 is 2.40 bits per heavy atom. The molecule has 84 valence electrons. The molecule has 0 aromatic heterocycles. The van der Waals surface area contributed by atoms with E-state index in [2.05, 4.69) is 0 Å². The molecule has 0 saturated heterocycles. The van der Waals surface area contributed by atoms with Crippen LogP contribution in [-0.2, 0) is 14.8 Å². The lowest BCUT2D eigenvalue weighted by atomic mass is 10.2. The summed E-state index contributed by atoms with van der Waals surface area (Å²) in [7, 11) is 1.75. The monoisotopic (exact) mass is 282 g/mol. The molecule has 0 aliphatic carbocycles. The molecule has 2 nitrogen and oxygen atoms in total. The molecule has 0 aliphatic heterocycles. The third kappa shape index (κ3) is 4.26. The van der Waals surface area contributed by atoms with Crippen LogP contribution in [0.3, 0.4) is 0 Å². The molecular weight excluding hydrogens is 272 g/mol. The lowest BCUT2D eigenvalue weighted by Gasteiger charge is -2.07. The van der Waals surface area contributed by atoms with Crippen LogP contribution in [0.25, 0.3) is 0 Å². The molecule has 0 atom stereocenters. The molecule has 1 rings (SSSR count). The van der Waals surface area contributed by atoms with Crippen LogP contribution in [0.5, 0.6) is 0 Å². The van der Waals surface area contributed by atoms with Crippen LogP contribution < -0.4 is 0 Å². The van der Waals surface area contributed by atoms with E-state index >= 15 is 0 Å². The van der Waals surface area contributed by atoms with Gasteiger partial charge in [0.15, 0.2) is 0 Å². The highest BCUT2D eigenvalue weighted by Gasteiger charge is 2.11. The van der Waals surface area contributed by atoms with Crippen LogP contribution in [0.1, 0.15) is 5.56 Å². The van der Waals surface area contributed by atoms with Crippen molar-refractivity contribution in [1.29, 1.82) is 0 Å². The van der Waals surface area contributed by atoms with E-state index < -0.39 is 9.05 Å². The largest absolute Gasteiger partial charge is 0.236 e. The summed E-state index contributed by atoms with van der Waals surface area (Å²) in [5, 5.41) is 0. The van der Waals surface area contributed by atoms with E-state index in [1.165, 1.54) is 11.8 Å². The zero-order chi connectivity index (χ0) is 11.5. The Hall–Kier alpha value is 0.160. The molecule has 0 saturated carbocycles. The highest BCUT2D eigenvalue weighted by Crippen LogP contribution is 2.27. The van der Waals surface area contributed by atoms with Crippen molar-refractivity contribution in [2.75, 3.05) is 12.5 Å². The summed E-state index contributed by atoms with van der Waals surface area (Å²) in [5.74, 6) is -0.112. The van der Waals surface area contributed by atoms with E-state index in [1.54, 1.807) is 11.8 Å². The van der Waals surface area contributed by atoms with Crippen LogP contribution in [-0.4, -0.2) is 20.9 Å². The maximum absolute atomic E-state index is 11.0. The maximum Gasteiger partial charge on any atom is 0.236 e. The molecular formula is C9H11ClO2S3. The van der Waals surface area contributed by atoms with Gasteiger partial charge in [-0.1, -0.05) is 6.07 Å². The highest BCUT2D eigenvalue weighted by atomic mass is 35.7. The summed E-state index contributed by atoms with van der Waals surface area (Å²) in [5.41, 5.74) is 0.760. The van der Waals surface area contributed by atoms with Gasteiger partial charge in [0.25, 0.3) is 0 Å². The molecule has 0 amide bonds. The molecule has 0 heterocycles. The number of benzene rings is 1. The second-order valence-corrected chi connectivity index (χ2v) is 7.37. The Kier molecular flexibility index (Phi) is 4.83. The Labute approximate surface area is 103 Å². The molecule has 0 radical (unpaired) electrons. The summed E-state index contributed by atoms with van der Waals surface area (Å²) in [6.07, 6.45) is 3.90. The second-order valence-electron chi connectivity index (χ2n) is 2.86. The van der Waals surface area contributed by atoms with Gasteiger partial charge in [0, 0.05) is 20.5 Å². The number of hydrogen-bond acceptors (Lipinski definition) is 4. The highest BCUT2D eigenvalue weighted by molar-refractivity contribution is 8.13. The first-order valence-corrected chi connectivity index (χ1v) is 9.02. The fourth-order valence-corrected chi connectivity index (χ4v) is 3.39. The average Bonchev–Trinajstić information content (AvgIpc) is 2.16. The Balaban J connectivity index is 3.08. The number of hydrogen-bond donors (Lipinski definition) is 0. The van der Waals surface area contributed by atoms with Gasteiger partial charge in [-0.15, -0.1) is 23.5 Å². The van der Waals surface area contributed by atoms with E-state index in [-0.39, 0.29) is 5.75 Å². The van der Waals surface area contributed by atoms with Crippen molar-refractivity contribution in [3.63, 3.8) is 0 Å². The summed E-state index contributed by atoms with van der Waals surface area (Å²) >= 11 is 3.16. The molecule has 0 unspecified atom stereocenters. The molecule has 6 heteroatoms. The van der Waals surface area contributed by atoms with Gasteiger partial charge >= 0.3 is 0 Å². The fraction of sp³-hybridized carbons (Fsp3) is 0.333. The van der Waals surface area contributed by atoms with Gasteiger partial charge in [-0.05, 0) is 30.2 Å². The number of rotatable bonds is 4. The Bertz CT molecular complexity index is 443. The van der Waals surface area contributed by atoms with Gasteiger partial charge in [0.1, 0.15) is 0 Å². The first-order chi connectivity index (χ1) is 6.96. The van der Waals surface area contributed by atoms with E-state index in [9.17, 15) is 8.42 Å². The molecule has 1 aromatic rings. The quantitative estimate of drug-likeness (QED) is 0.627. The van der Waals surface area contributed by atoms with Crippen molar-refractivity contribution in [2.24, 2.45) is 0 Å². The maximum atomic E-state index is 11.0. The lowest BCUT2D eigenvalue weighted by molar-refractivity contribution is 0.608. The standard InChI is InChI=1S/C9H11ClO2S3/c1-13-8-4-3-7(6-15(10,11)12)9(5-8)14-2/h3-5H,6H2,1-2H3. The van der Waals surface area contributed by atoms with Gasteiger partial charge in [0.2, 0.25) is 9.05 Å². The fourth-order valence-electron chi connectivity index (χ4n) is 1.16. The van der Waals surface area contributed by atoms with Crippen LogP contribution in [0, 0.1) is 0 Å². The third-order valence-corrected chi connectivity index (χ3v) is 4.35. The van der Waals surface area contributed by atoms with Gasteiger partial charge in [0.05, 0.1) is 5.75 Å². The zero-order valence-corrected chi connectivity index (χ0v) is 11.6.